The molecule has 0 spiro atoms. The Bertz CT molecular complexity index is 247. The zero-order valence-corrected chi connectivity index (χ0v) is 11.9. The molecule has 5 nitrogen and oxygen atoms in total. The molecule has 18 heavy (non-hydrogen) atoms. The third-order valence-corrected chi connectivity index (χ3v) is 3.48. The quantitative estimate of drug-likeness (QED) is 0.736. The van der Waals surface area contributed by atoms with Gasteiger partial charge in [-0.15, -0.1) is 0 Å². The van der Waals surface area contributed by atoms with Crippen molar-refractivity contribution >= 4 is 5.91 Å². The summed E-state index contributed by atoms with van der Waals surface area (Å²) in [5.74, 6) is 0.767. The topological polar surface area (TPSA) is 58.8 Å². The Morgan fingerprint density at radius 1 is 1.28 bits per heavy atom. The Hall–Kier alpha value is -0.650. The summed E-state index contributed by atoms with van der Waals surface area (Å²) >= 11 is 0. The van der Waals surface area contributed by atoms with E-state index in [1.54, 1.807) is 0 Å². The van der Waals surface area contributed by atoms with E-state index in [0.717, 1.165) is 38.6 Å². The van der Waals surface area contributed by atoms with Gasteiger partial charge in [-0.3, -0.25) is 9.69 Å². The first-order valence-corrected chi connectivity index (χ1v) is 6.82. The van der Waals surface area contributed by atoms with Crippen molar-refractivity contribution in [2.24, 2.45) is 11.7 Å². The molecule has 0 aromatic heterocycles. The summed E-state index contributed by atoms with van der Waals surface area (Å²) in [6.07, 6.45) is 0.740. The Balaban J connectivity index is 2.32. The molecule has 1 atom stereocenters. The first-order chi connectivity index (χ1) is 8.58. The lowest BCUT2D eigenvalue weighted by atomic mass is 10.1. The maximum Gasteiger partial charge on any atom is 0.253 e. The van der Waals surface area contributed by atoms with E-state index < -0.39 is 6.10 Å². The van der Waals surface area contributed by atoms with Crippen molar-refractivity contribution in [1.82, 2.24) is 9.80 Å². The SMILES string of the molecule is COC(CN)C(=O)N1CCN(CCC(C)C)CC1. The van der Waals surface area contributed by atoms with E-state index in [-0.39, 0.29) is 12.5 Å². The van der Waals surface area contributed by atoms with Crippen LogP contribution in [-0.4, -0.2) is 68.2 Å². The summed E-state index contributed by atoms with van der Waals surface area (Å²) in [4.78, 5) is 16.3. The highest BCUT2D eigenvalue weighted by molar-refractivity contribution is 5.81. The van der Waals surface area contributed by atoms with E-state index in [1.807, 2.05) is 4.90 Å². The molecule has 0 saturated carbocycles. The second-order valence-corrected chi connectivity index (χ2v) is 5.31. The van der Waals surface area contributed by atoms with Gasteiger partial charge in [0.15, 0.2) is 0 Å². The van der Waals surface area contributed by atoms with Crippen molar-refractivity contribution in [2.45, 2.75) is 26.4 Å². The van der Waals surface area contributed by atoms with Gasteiger partial charge in [0, 0.05) is 39.8 Å². The molecule has 1 fully saturated rings. The maximum atomic E-state index is 12.0. The number of ether oxygens (including phenoxy) is 1. The van der Waals surface area contributed by atoms with Gasteiger partial charge in [0.2, 0.25) is 0 Å². The first kappa shape index (κ1) is 15.4. The third-order valence-electron chi connectivity index (χ3n) is 3.48. The third kappa shape index (κ3) is 4.55. The van der Waals surface area contributed by atoms with Gasteiger partial charge in [0.1, 0.15) is 6.10 Å². The van der Waals surface area contributed by atoms with Crippen LogP contribution in [0.4, 0.5) is 0 Å². The number of rotatable bonds is 6. The number of piperazine rings is 1. The van der Waals surface area contributed by atoms with Gasteiger partial charge in [-0.05, 0) is 18.9 Å². The molecule has 1 amide bonds. The molecular weight excluding hydrogens is 230 g/mol. The molecule has 1 aliphatic rings. The summed E-state index contributed by atoms with van der Waals surface area (Å²) in [7, 11) is 1.54. The number of nitrogens with two attached hydrogens (primary N) is 1. The second kappa shape index (κ2) is 7.71. The maximum absolute atomic E-state index is 12.0. The lowest BCUT2D eigenvalue weighted by Crippen LogP contribution is -2.53. The van der Waals surface area contributed by atoms with Gasteiger partial charge >= 0.3 is 0 Å². The lowest BCUT2D eigenvalue weighted by molar-refractivity contribution is -0.143. The lowest BCUT2D eigenvalue weighted by Gasteiger charge is -2.36. The number of carbonyl (C=O) groups excluding carboxylic acids is 1. The van der Waals surface area contributed by atoms with E-state index in [0.29, 0.717) is 0 Å². The van der Waals surface area contributed by atoms with Crippen LogP contribution in [0.15, 0.2) is 0 Å². The van der Waals surface area contributed by atoms with Crippen LogP contribution in [0.1, 0.15) is 20.3 Å². The van der Waals surface area contributed by atoms with Gasteiger partial charge in [0.05, 0.1) is 0 Å². The molecule has 0 bridgehead atoms. The summed E-state index contributed by atoms with van der Waals surface area (Å²) in [5.41, 5.74) is 5.52. The van der Waals surface area contributed by atoms with Crippen molar-refractivity contribution < 1.29 is 9.53 Å². The monoisotopic (exact) mass is 257 g/mol. The van der Waals surface area contributed by atoms with Crippen LogP contribution >= 0.6 is 0 Å². The molecule has 1 saturated heterocycles. The molecule has 5 heteroatoms. The van der Waals surface area contributed by atoms with Crippen LogP contribution in [0.5, 0.6) is 0 Å². The smallest absolute Gasteiger partial charge is 0.253 e. The summed E-state index contributed by atoms with van der Waals surface area (Å²) in [5, 5.41) is 0. The normalized spacial score (nSPS) is 19.3. The zero-order valence-electron chi connectivity index (χ0n) is 11.9. The predicted octanol–water partition coefficient (Wildman–Crippen LogP) is 0.150. The van der Waals surface area contributed by atoms with Gasteiger partial charge < -0.3 is 15.4 Å². The highest BCUT2D eigenvalue weighted by Crippen LogP contribution is 2.08. The molecule has 0 aliphatic carbocycles. The number of hydrogen-bond acceptors (Lipinski definition) is 4. The average molecular weight is 257 g/mol. The summed E-state index contributed by atoms with van der Waals surface area (Å²) in [6, 6.07) is 0. The number of carbonyl (C=O) groups is 1. The van der Waals surface area contributed by atoms with E-state index >= 15 is 0 Å². The standard InChI is InChI=1S/C13H27N3O2/c1-11(2)4-5-15-6-8-16(9-7-15)13(17)12(10-14)18-3/h11-12H,4-10,14H2,1-3H3. The van der Waals surface area contributed by atoms with Gasteiger partial charge in [-0.25, -0.2) is 0 Å². The molecule has 0 aromatic carbocycles. The fourth-order valence-corrected chi connectivity index (χ4v) is 2.13. The molecule has 1 unspecified atom stereocenters. The van der Waals surface area contributed by atoms with Crippen molar-refractivity contribution in [1.29, 1.82) is 0 Å². The largest absolute Gasteiger partial charge is 0.370 e. The van der Waals surface area contributed by atoms with Crippen LogP contribution in [0.25, 0.3) is 0 Å². The predicted molar refractivity (Wildman–Crippen MR) is 72.3 cm³/mol. The highest BCUT2D eigenvalue weighted by Gasteiger charge is 2.26. The van der Waals surface area contributed by atoms with Crippen molar-refractivity contribution in [2.75, 3.05) is 46.4 Å². The summed E-state index contributed by atoms with van der Waals surface area (Å²) in [6.45, 7) is 9.36. The van der Waals surface area contributed by atoms with Crippen LogP contribution < -0.4 is 5.73 Å². The first-order valence-electron chi connectivity index (χ1n) is 6.82. The Morgan fingerprint density at radius 3 is 2.33 bits per heavy atom. The highest BCUT2D eigenvalue weighted by atomic mass is 16.5. The van der Waals surface area contributed by atoms with Crippen molar-refractivity contribution in [3.05, 3.63) is 0 Å². The molecule has 1 aliphatic heterocycles. The summed E-state index contributed by atoms with van der Waals surface area (Å²) < 4.78 is 5.09. The van der Waals surface area contributed by atoms with Gasteiger partial charge in [-0.2, -0.15) is 0 Å². The Morgan fingerprint density at radius 2 is 1.89 bits per heavy atom. The van der Waals surface area contributed by atoms with Gasteiger partial charge in [-0.1, -0.05) is 13.8 Å². The van der Waals surface area contributed by atoms with E-state index in [4.69, 9.17) is 10.5 Å². The minimum absolute atomic E-state index is 0.0310. The molecule has 2 N–H and O–H groups in total. The molecule has 0 radical (unpaired) electrons. The minimum Gasteiger partial charge on any atom is -0.370 e. The molecule has 1 rings (SSSR count). The molecule has 1 heterocycles. The number of amides is 1. The van der Waals surface area contributed by atoms with E-state index in [1.165, 1.54) is 13.5 Å². The van der Waals surface area contributed by atoms with E-state index in [2.05, 4.69) is 18.7 Å². The van der Waals surface area contributed by atoms with Crippen LogP contribution in [-0.2, 0) is 9.53 Å². The second-order valence-electron chi connectivity index (χ2n) is 5.31. The minimum atomic E-state index is -0.479. The zero-order chi connectivity index (χ0) is 13.5. The van der Waals surface area contributed by atoms with Crippen molar-refractivity contribution in [3.63, 3.8) is 0 Å². The molecular formula is C13H27N3O2. The van der Waals surface area contributed by atoms with Crippen LogP contribution in [0.3, 0.4) is 0 Å². The molecule has 106 valence electrons. The van der Waals surface area contributed by atoms with Crippen LogP contribution in [0.2, 0.25) is 0 Å². The van der Waals surface area contributed by atoms with Crippen molar-refractivity contribution in [3.8, 4) is 0 Å². The van der Waals surface area contributed by atoms with E-state index in [9.17, 15) is 4.79 Å². The number of nitrogens with zero attached hydrogens (tertiary/aromatic N) is 2. The fourth-order valence-electron chi connectivity index (χ4n) is 2.13. The average Bonchev–Trinajstić information content (AvgIpc) is 2.38. The molecule has 0 aromatic rings. The Kier molecular flexibility index (Phi) is 6.60. The van der Waals surface area contributed by atoms with Crippen LogP contribution in [0, 0.1) is 5.92 Å². The number of methoxy groups -OCH3 is 1. The van der Waals surface area contributed by atoms with Gasteiger partial charge in [0.25, 0.3) is 5.91 Å². The Labute approximate surface area is 110 Å². The number of hydrogen-bond donors (Lipinski definition) is 1. The fraction of sp³-hybridized carbons (Fsp3) is 0.923.